The van der Waals surface area contributed by atoms with Gasteiger partial charge in [-0.05, 0) is 23.8 Å². The minimum Gasteiger partial charge on any atom is -0.481 e. The number of benzene rings is 2. The number of para-hydroxylation sites is 1. The summed E-state index contributed by atoms with van der Waals surface area (Å²) in [4.78, 5) is 14.0. The van der Waals surface area contributed by atoms with E-state index in [2.05, 4.69) is 0 Å². The zero-order valence-corrected chi connectivity index (χ0v) is 17.8. The van der Waals surface area contributed by atoms with Gasteiger partial charge in [0.25, 0.3) is 5.91 Å². The minimum absolute atomic E-state index is 0.218. The predicted octanol–water partition coefficient (Wildman–Crippen LogP) is 3.52. The number of carbonyl (C=O) groups is 1. The molecule has 0 bridgehead atoms. The zero-order chi connectivity index (χ0) is 20.9. The first-order valence-electron chi connectivity index (χ1n) is 8.95. The largest absolute Gasteiger partial charge is 0.481 e. The molecule has 0 unspecified atom stereocenters. The summed E-state index contributed by atoms with van der Waals surface area (Å²) in [5, 5.41) is 1.85. The second-order valence-corrected chi connectivity index (χ2v) is 9.01. The van der Waals surface area contributed by atoms with Crippen LogP contribution in [0.4, 0.5) is 0 Å². The van der Waals surface area contributed by atoms with E-state index >= 15 is 0 Å². The Balaban J connectivity index is 1.53. The molecule has 0 saturated carbocycles. The first kappa shape index (κ1) is 21.6. The van der Waals surface area contributed by atoms with Gasteiger partial charge in [-0.1, -0.05) is 59.6 Å². The van der Waals surface area contributed by atoms with Crippen molar-refractivity contribution in [2.24, 2.45) is 0 Å². The lowest BCUT2D eigenvalue weighted by Gasteiger charge is -2.33. The number of hydrogen-bond acceptors (Lipinski definition) is 4. The normalized spacial score (nSPS) is 15.6. The summed E-state index contributed by atoms with van der Waals surface area (Å²) in [6.07, 6.45) is 1.56. The summed E-state index contributed by atoms with van der Waals surface area (Å²) in [6.45, 7) is 0.803. The van der Waals surface area contributed by atoms with Crippen LogP contribution in [0.15, 0.2) is 53.9 Å². The summed E-state index contributed by atoms with van der Waals surface area (Å²) < 4.78 is 31.8. The molecule has 2 aromatic rings. The fourth-order valence-electron chi connectivity index (χ4n) is 2.85. The Hall–Kier alpha value is -2.06. The van der Waals surface area contributed by atoms with Gasteiger partial charge in [0.05, 0.1) is 10.0 Å². The van der Waals surface area contributed by atoms with Crippen molar-refractivity contribution in [3.63, 3.8) is 0 Å². The summed E-state index contributed by atoms with van der Waals surface area (Å²) in [7, 11) is -3.55. The van der Waals surface area contributed by atoms with E-state index in [1.54, 1.807) is 29.2 Å². The molecular weight excluding hydrogens is 435 g/mol. The fourth-order valence-corrected chi connectivity index (χ4v) is 4.53. The number of sulfonamides is 1. The molecule has 3 rings (SSSR count). The highest BCUT2D eigenvalue weighted by Gasteiger charge is 2.27. The van der Waals surface area contributed by atoms with Crippen LogP contribution in [0.1, 0.15) is 5.56 Å². The third kappa shape index (κ3) is 5.73. The quantitative estimate of drug-likeness (QED) is 0.669. The van der Waals surface area contributed by atoms with Gasteiger partial charge in [0.1, 0.15) is 0 Å². The number of halogens is 2. The van der Waals surface area contributed by atoms with Crippen LogP contribution in [0.25, 0.3) is 6.08 Å². The molecule has 1 saturated heterocycles. The zero-order valence-electron chi connectivity index (χ0n) is 15.5. The maximum absolute atomic E-state index is 12.5. The maximum Gasteiger partial charge on any atom is 0.260 e. The Morgan fingerprint density at radius 2 is 1.59 bits per heavy atom. The Kier molecular flexibility index (Phi) is 7.18. The number of nitrogens with zero attached hydrogens (tertiary/aromatic N) is 2. The van der Waals surface area contributed by atoms with Crippen molar-refractivity contribution in [2.45, 2.75) is 0 Å². The molecule has 0 atom stereocenters. The molecule has 0 N–H and O–H groups in total. The second-order valence-electron chi connectivity index (χ2n) is 6.38. The molecule has 2 aromatic carbocycles. The van der Waals surface area contributed by atoms with Crippen molar-refractivity contribution < 1.29 is 17.9 Å². The standard InChI is InChI=1S/C20H20Cl2N2O4S/c21-17-7-4-8-18(22)20(17)28-15-19(25)23-10-12-24(13-11-23)29(26,27)14-9-16-5-2-1-3-6-16/h1-9,14H,10-13,15H2/b14-9+. The lowest BCUT2D eigenvalue weighted by Crippen LogP contribution is -2.51. The summed E-state index contributed by atoms with van der Waals surface area (Å²) in [5.41, 5.74) is 0.806. The molecule has 9 heteroatoms. The Morgan fingerprint density at radius 3 is 2.21 bits per heavy atom. The van der Waals surface area contributed by atoms with Gasteiger partial charge in [-0.15, -0.1) is 0 Å². The number of amides is 1. The third-order valence-corrected chi connectivity index (χ3v) is 6.60. The van der Waals surface area contributed by atoms with Gasteiger partial charge in [0, 0.05) is 31.6 Å². The van der Waals surface area contributed by atoms with Crippen LogP contribution in [0.3, 0.4) is 0 Å². The lowest BCUT2D eigenvalue weighted by atomic mass is 10.2. The Labute approximate surface area is 180 Å². The first-order chi connectivity index (χ1) is 13.9. The van der Waals surface area contributed by atoms with Crippen LogP contribution in [-0.4, -0.2) is 56.3 Å². The van der Waals surface area contributed by atoms with E-state index in [1.165, 1.54) is 9.71 Å². The van der Waals surface area contributed by atoms with E-state index < -0.39 is 10.0 Å². The average Bonchev–Trinajstić information content (AvgIpc) is 2.73. The lowest BCUT2D eigenvalue weighted by molar-refractivity contribution is -0.134. The Bertz CT molecular complexity index is 969. The molecular formula is C20H20Cl2N2O4S. The molecule has 0 aliphatic carbocycles. The Morgan fingerprint density at radius 1 is 0.966 bits per heavy atom. The minimum atomic E-state index is -3.55. The highest BCUT2D eigenvalue weighted by molar-refractivity contribution is 7.92. The van der Waals surface area contributed by atoms with Crippen LogP contribution in [0, 0.1) is 0 Å². The third-order valence-electron chi connectivity index (χ3n) is 4.44. The number of piperazine rings is 1. The van der Waals surface area contributed by atoms with E-state index in [9.17, 15) is 13.2 Å². The van der Waals surface area contributed by atoms with E-state index in [4.69, 9.17) is 27.9 Å². The van der Waals surface area contributed by atoms with Crippen LogP contribution in [0.5, 0.6) is 5.75 Å². The molecule has 1 aliphatic rings. The van der Waals surface area contributed by atoms with Crippen molar-refractivity contribution >= 4 is 45.2 Å². The highest BCUT2D eigenvalue weighted by atomic mass is 35.5. The van der Waals surface area contributed by atoms with Crippen molar-refractivity contribution in [3.05, 3.63) is 69.5 Å². The van der Waals surface area contributed by atoms with E-state index in [1.807, 2.05) is 30.3 Å². The van der Waals surface area contributed by atoms with Gasteiger partial charge in [-0.2, -0.15) is 4.31 Å². The van der Waals surface area contributed by atoms with Crippen molar-refractivity contribution in [1.82, 2.24) is 9.21 Å². The SMILES string of the molecule is O=C(COc1c(Cl)cccc1Cl)N1CCN(S(=O)(=O)/C=C/c2ccccc2)CC1. The molecule has 6 nitrogen and oxygen atoms in total. The van der Waals surface area contributed by atoms with Crippen molar-refractivity contribution in [3.8, 4) is 5.75 Å². The van der Waals surface area contributed by atoms with Crippen LogP contribution in [0.2, 0.25) is 10.0 Å². The molecule has 1 aliphatic heterocycles. The summed E-state index contributed by atoms with van der Waals surface area (Å²) >= 11 is 12.1. The first-order valence-corrected chi connectivity index (χ1v) is 11.2. The maximum atomic E-state index is 12.5. The topological polar surface area (TPSA) is 66.9 Å². The predicted molar refractivity (Wildman–Crippen MR) is 115 cm³/mol. The number of carbonyl (C=O) groups excluding carboxylic acids is 1. The number of ether oxygens (including phenoxy) is 1. The molecule has 1 heterocycles. The molecule has 1 amide bonds. The summed E-state index contributed by atoms with van der Waals surface area (Å²) in [5.74, 6) is 0.00862. The average molecular weight is 455 g/mol. The highest BCUT2D eigenvalue weighted by Crippen LogP contribution is 2.32. The molecule has 0 aromatic heterocycles. The number of hydrogen-bond donors (Lipinski definition) is 0. The van der Waals surface area contributed by atoms with Gasteiger partial charge < -0.3 is 9.64 Å². The van der Waals surface area contributed by atoms with Gasteiger partial charge >= 0.3 is 0 Å². The smallest absolute Gasteiger partial charge is 0.260 e. The summed E-state index contributed by atoms with van der Waals surface area (Å²) in [6, 6.07) is 14.1. The van der Waals surface area contributed by atoms with Crippen LogP contribution in [-0.2, 0) is 14.8 Å². The van der Waals surface area contributed by atoms with Gasteiger partial charge in [0.2, 0.25) is 10.0 Å². The van der Waals surface area contributed by atoms with Crippen molar-refractivity contribution in [2.75, 3.05) is 32.8 Å². The molecule has 0 radical (unpaired) electrons. The molecule has 154 valence electrons. The molecule has 29 heavy (non-hydrogen) atoms. The fraction of sp³-hybridized carbons (Fsp3) is 0.250. The van der Waals surface area contributed by atoms with Crippen LogP contribution >= 0.6 is 23.2 Å². The van der Waals surface area contributed by atoms with E-state index in [-0.39, 0.29) is 44.4 Å². The molecule has 1 fully saturated rings. The van der Waals surface area contributed by atoms with E-state index in [0.717, 1.165) is 5.56 Å². The monoisotopic (exact) mass is 454 g/mol. The van der Waals surface area contributed by atoms with Gasteiger partial charge in [-0.3, -0.25) is 4.79 Å². The number of rotatable bonds is 6. The second kappa shape index (κ2) is 9.63. The van der Waals surface area contributed by atoms with E-state index in [0.29, 0.717) is 10.0 Å². The van der Waals surface area contributed by atoms with Gasteiger partial charge in [-0.25, -0.2) is 8.42 Å². The molecule has 0 spiro atoms. The van der Waals surface area contributed by atoms with Gasteiger partial charge in [0.15, 0.2) is 12.4 Å². The van der Waals surface area contributed by atoms with Crippen molar-refractivity contribution in [1.29, 1.82) is 0 Å². The van der Waals surface area contributed by atoms with Crippen LogP contribution < -0.4 is 4.74 Å².